The minimum absolute atomic E-state index is 0.119. The summed E-state index contributed by atoms with van der Waals surface area (Å²) < 4.78 is 0. The van der Waals surface area contributed by atoms with Crippen LogP contribution < -0.4 is 21.7 Å². The van der Waals surface area contributed by atoms with Gasteiger partial charge in [0.2, 0.25) is 11.8 Å². The molecule has 8 heteroatoms. The first-order valence-electron chi connectivity index (χ1n) is 13.0. The molecule has 6 atom stereocenters. The monoisotopic (exact) mass is 468 g/mol. The van der Waals surface area contributed by atoms with Gasteiger partial charge in [0, 0.05) is 31.5 Å². The first kappa shape index (κ1) is 29.5. The summed E-state index contributed by atoms with van der Waals surface area (Å²) in [5.41, 5.74) is 5.81. The van der Waals surface area contributed by atoms with Crippen LogP contribution in [0.1, 0.15) is 85.5 Å². The maximum Gasteiger partial charge on any atom is 0.245 e. The molecule has 192 valence electrons. The van der Waals surface area contributed by atoms with E-state index in [0.717, 1.165) is 19.4 Å². The van der Waals surface area contributed by atoms with E-state index in [2.05, 4.69) is 22.9 Å². The Kier molecular flexibility index (Phi) is 14.5. The number of rotatable bonds is 17. The first-order chi connectivity index (χ1) is 15.7. The van der Waals surface area contributed by atoms with E-state index in [1.54, 1.807) is 0 Å². The number of nitrogens with one attached hydrogen (secondary N) is 3. The Hall–Kier alpha value is -1.51. The number of carbonyl (C=O) groups is 3. The standard InChI is InChI=1S/C25H48N4O4/c1-5-7-8-9-10-11-12-19-15-27-16-21(19)24(32)29-23(18(4)30)25(33)28-20(14-26)13-17(3)22(31)6-2/h17-21,23,27,30H,5-16,26H2,1-4H3,(H,28,33)(H,29,32)/t17?,18-,19+,20+,21?,23-/m0/s1. The zero-order chi connectivity index (χ0) is 24.8. The highest BCUT2D eigenvalue weighted by molar-refractivity contribution is 5.89. The van der Waals surface area contributed by atoms with E-state index in [4.69, 9.17) is 5.73 Å². The van der Waals surface area contributed by atoms with Crippen LogP contribution >= 0.6 is 0 Å². The Morgan fingerprint density at radius 2 is 1.70 bits per heavy atom. The molecule has 1 heterocycles. The maximum absolute atomic E-state index is 13.0. The fourth-order valence-electron chi connectivity index (χ4n) is 4.61. The van der Waals surface area contributed by atoms with Gasteiger partial charge >= 0.3 is 0 Å². The Morgan fingerprint density at radius 1 is 1.03 bits per heavy atom. The van der Waals surface area contributed by atoms with Gasteiger partial charge < -0.3 is 26.8 Å². The summed E-state index contributed by atoms with van der Waals surface area (Å²) in [7, 11) is 0. The van der Waals surface area contributed by atoms with Gasteiger partial charge in [-0.1, -0.05) is 59.3 Å². The number of aliphatic hydroxyl groups excluding tert-OH is 1. The molecule has 2 amide bonds. The van der Waals surface area contributed by atoms with Gasteiger partial charge in [-0.25, -0.2) is 0 Å². The van der Waals surface area contributed by atoms with Crippen LogP contribution in [0.2, 0.25) is 0 Å². The van der Waals surface area contributed by atoms with Crippen LogP contribution in [0.4, 0.5) is 0 Å². The Bertz CT molecular complexity index is 599. The predicted molar refractivity (Wildman–Crippen MR) is 132 cm³/mol. The van der Waals surface area contributed by atoms with Crippen molar-refractivity contribution >= 4 is 17.6 Å². The average Bonchev–Trinajstić information content (AvgIpc) is 3.26. The number of unbranched alkanes of at least 4 members (excludes halogenated alkanes) is 5. The molecule has 0 aromatic rings. The Balaban J connectivity index is 2.62. The molecule has 0 bridgehead atoms. The van der Waals surface area contributed by atoms with Crippen molar-refractivity contribution in [2.45, 2.75) is 104 Å². The number of Topliss-reactive ketones (excluding diaryl/α,β-unsaturated/α-hetero) is 1. The van der Waals surface area contributed by atoms with Gasteiger partial charge in [0.15, 0.2) is 0 Å². The van der Waals surface area contributed by atoms with Crippen molar-refractivity contribution < 1.29 is 19.5 Å². The molecular formula is C25H48N4O4. The molecule has 2 unspecified atom stereocenters. The van der Waals surface area contributed by atoms with Crippen LogP contribution in [-0.2, 0) is 14.4 Å². The van der Waals surface area contributed by atoms with Gasteiger partial charge in [-0.15, -0.1) is 0 Å². The van der Waals surface area contributed by atoms with Crippen LogP contribution in [0.3, 0.4) is 0 Å². The molecule has 0 radical (unpaired) electrons. The molecule has 1 fully saturated rings. The summed E-state index contributed by atoms with van der Waals surface area (Å²) in [6.45, 7) is 8.90. The van der Waals surface area contributed by atoms with E-state index in [0.29, 0.717) is 19.4 Å². The molecule has 0 saturated carbocycles. The van der Waals surface area contributed by atoms with E-state index in [1.165, 1.54) is 39.0 Å². The lowest BCUT2D eigenvalue weighted by atomic mass is 9.89. The number of amides is 2. The fraction of sp³-hybridized carbons (Fsp3) is 0.880. The maximum atomic E-state index is 13.0. The van der Waals surface area contributed by atoms with E-state index in [1.807, 2.05) is 13.8 Å². The average molecular weight is 469 g/mol. The molecule has 1 aliphatic heterocycles. The summed E-state index contributed by atoms with van der Waals surface area (Å²) in [6, 6.07) is -1.45. The predicted octanol–water partition coefficient (Wildman–Crippen LogP) is 1.89. The third-order valence-corrected chi connectivity index (χ3v) is 6.83. The van der Waals surface area contributed by atoms with Gasteiger partial charge in [0.25, 0.3) is 0 Å². The molecule has 1 aliphatic rings. The summed E-state index contributed by atoms with van der Waals surface area (Å²) in [5.74, 6) is -0.725. The number of aliphatic hydroxyl groups is 1. The van der Waals surface area contributed by atoms with E-state index >= 15 is 0 Å². The van der Waals surface area contributed by atoms with Crippen molar-refractivity contribution in [2.75, 3.05) is 19.6 Å². The highest BCUT2D eigenvalue weighted by Crippen LogP contribution is 2.24. The summed E-state index contributed by atoms with van der Waals surface area (Å²) >= 11 is 0. The van der Waals surface area contributed by atoms with Crippen LogP contribution in [0.25, 0.3) is 0 Å². The normalized spacial score (nSPS) is 21.8. The molecule has 8 nitrogen and oxygen atoms in total. The quantitative estimate of drug-likeness (QED) is 0.207. The minimum Gasteiger partial charge on any atom is -0.391 e. The smallest absolute Gasteiger partial charge is 0.245 e. The van der Waals surface area contributed by atoms with E-state index in [-0.39, 0.29) is 36.0 Å². The largest absolute Gasteiger partial charge is 0.391 e. The van der Waals surface area contributed by atoms with Crippen molar-refractivity contribution in [1.82, 2.24) is 16.0 Å². The first-order valence-corrected chi connectivity index (χ1v) is 13.0. The van der Waals surface area contributed by atoms with Crippen molar-refractivity contribution in [3.63, 3.8) is 0 Å². The summed E-state index contributed by atoms with van der Waals surface area (Å²) in [4.78, 5) is 37.8. The summed E-state index contributed by atoms with van der Waals surface area (Å²) in [6.07, 6.45) is 8.11. The second-order valence-corrected chi connectivity index (χ2v) is 9.71. The van der Waals surface area contributed by atoms with Crippen molar-refractivity contribution in [2.24, 2.45) is 23.5 Å². The molecule has 0 aliphatic carbocycles. The zero-order valence-corrected chi connectivity index (χ0v) is 21.2. The lowest BCUT2D eigenvalue weighted by molar-refractivity contribution is -0.134. The van der Waals surface area contributed by atoms with Crippen LogP contribution in [0.5, 0.6) is 0 Å². The van der Waals surface area contributed by atoms with E-state index < -0.39 is 24.1 Å². The van der Waals surface area contributed by atoms with Crippen LogP contribution in [0, 0.1) is 17.8 Å². The molecule has 1 saturated heterocycles. The Morgan fingerprint density at radius 3 is 2.30 bits per heavy atom. The van der Waals surface area contributed by atoms with Crippen molar-refractivity contribution in [3.8, 4) is 0 Å². The third kappa shape index (κ3) is 10.5. The Labute approximate surface area is 200 Å². The van der Waals surface area contributed by atoms with Crippen LogP contribution in [-0.4, -0.2) is 60.5 Å². The SMILES string of the molecule is CCCCCCCC[C@@H]1CNCC1C(=O)N[C@H](C(=O)N[C@@H](CN)CC(C)C(=O)CC)[C@H](C)O. The van der Waals surface area contributed by atoms with Crippen LogP contribution in [0.15, 0.2) is 0 Å². The number of ketones is 1. The van der Waals surface area contributed by atoms with Gasteiger partial charge in [0.1, 0.15) is 11.8 Å². The molecular weight excluding hydrogens is 420 g/mol. The number of hydrogen-bond donors (Lipinski definition) is 5. The number of hydrogen-bond acceptors (Lipinski definition) is 6. The minimum atomic E-state index is -1.06. The zero-order valence-electron chi connectivity index (χ0n) is 21.2. The molecule has 1 rings (SSSR count). The van der Waals surface area contributed by atoms with Crippen molar-refractivity contribution in [3.05, 3.63) is 0 Å². The van der Waals surface area contributed by atoms with Gasteiger partial charge in [-0.05, 0) is 32.2 Å². The van der Waals surface area contributed by atoms with Crippen molar-refractivity contribution in [1.29, 1.82) is 0 Å². The molecule has 0 aromatic carbocycles. The molecule has 0 spiro atoms. The number of carbonyl (C=O) groups excluding carboxylic acids is 3. The molecule has 6 N–H and O–H groups in total. The summed E-state index contributed by atoms with van der Waals surface area (Å²) in [5, 5.41) is 19.1. The second-order valence-electron chi connectivity index (χ2n) is 9.71. The molecule has 33 heavy (non-hydrogen) atoms. The topological polar surface area (TPSA) is 134 Å². The fourth-order valence-corrected chi connectivity index (χ4v) is 4.61. The highest BCUT2D eigenvalue weighted by atomic mass is 16.3. The molecule has 0 aromatic heterocycles. The second kappa shape index (κ2) is 16.2. The highest BCUT2D eigenvalue weighted by Gasteiger charge is 2.36. The van der Waals surface area contributed by atoms with Gasteiger partial charge in [0.05, 0.1) is 12.0 Å². The van der Waals surface area contributed by atoms with Gasteiger partial charge in [-0.2, -0.15) is 0 Å². The number of nitrogens with two attached hydrogens (primary N) is 1. The van der Waals surface area contributed by atoms with E-state index in [9.17, 15) is 19.5 Å². The third-order valence-electron chi connectivity index (χ3n) is 6.83. The lowest BCUT2D eigenvalue weighted by Gasteiger charge is -2.27. The van der Waals surface area contributed by atoms with Gasteiger partial charge in [-0.3, -0.25) is 14.4 Å². The lowest BCUT2D eigenvalue weighted by Crippen LogP contribution is -2.57.